The normalized spacial score (nSPS) is 15.0. The van der Waals surface area contributed by atoms with E-state index in [2.05, 4.69) is 14.9 Å². The highest BCUT2D eigenvalue weighted by molar-refractivity contribution is 7.89. The summed E-state index contributed by atoms with van der Waals surface area (Å²) in [6.07, 6.45) is 6.34. The van der Waals surface area contributed by atoms with Crippen molar-refractivity contribution in [3.8, 4) is 0 Å². The van der Waals surface area contributed by atoms with E-state index < -0.39 is 10.0 Å². The van der Waals surface area contributed by atoms with Crippen LogP contribution in [0, 0.1) is 0 Å². The van der Waals surface area contributed by atoms with Crippen molar-refractivity contribution in [3.05, 3.63) is 60.4 Å². The average Bonchev–Trinajstić information content (AvgIpc) is 3.42. The molecule has 3 heterocycles. The van der Waals surface area contributed by atoms with Gasteiger partial charge in [-0.3, -0.25) is 4.79 Å². The fourth-order valence-corrected chi connectivity index (χ4v) is 5.13. The summed E-state index contributed by atoms with van der Waals surface area (Å²) in [6.45, 7) is 2.42. The van der Waals surface area contributed by atoms with E-state index in [1.165, 1.54) is 16.4 Å². The lowest BCUT2D eigenvalue weighted by molar-refractivity contribution is 0.0952. The molecule has 0 bridgehead atoms. The largest absolute Gasteiger partial charge is 0.352 e. The summed E-state index contributed by atoms with van der Waals surface area (Å²) in [7, 11) is -3.45. The van der Waals surface area contributed by atoms with Crippen molar-refractivity contribution in [3.63, 3.8) is 0 Å². The number of pyridine rings is 1. The van der Waals surface area contributed by atoms with Crippen LogP contribution in [0.15, 0.2) is 59.8 Å². The molecular formula is C21H24N4O3S. The zero-order valence-corrected chi connectivity index (χ0v) is 16.9. The van der Waals surface area contributed by atoms with E-state index in [9.17, 15) is 13.2 Å². The Morgan fingerprint density at radius 1 is 1.07 bits per heavy atom. The van der Waals surface area contributed by atoms with E-state index in [-0.39, 0.29) is 10.8 Å². The summed E-state index contributed by atoms with van der Waals surface area (Å²) in [4.78, 5) is 17.0. The fourth-order valence-electron chi connectivity index (χ4n) is 3.61. The van der Waals surface area contributed by atoms with Crippen molar-refractivity contribution < 1.29 is 13.2 Å². The van der Waals surface area contributed by atoms with Gasteiger partial charge in [0.25, 0.3) is 5.91 Å². The predicted molar refractivity (Wildman–Crippen MR) is 111 cm³/mol. The second-order valence-corrected chi connectivity index (χ2v) is 9.11. The molecule has 0 radical (unpaired) electrons. The van der Waals surface area contributed by atoms with Gasteiger partial charge in [0.15, 0.2) is 0 Å². The van der Waals surface area contributed by atoms with Crippen molar-refractivity contribution in [2.24, 2.45) is 0 Å². The molecule has 3 aromatic rings. The van der Waals surface area contributed by atoms with Crippen LogP contribution in [0.5, 0.6) is 0 Å². The number of hydrogen-bond acceptors (Lipinski definition) is 4. The first kappa shape index (κ1) is 19.6. The van der Waals surface area contributed by atoms with E-state index >= 15 is 0 Å². The van der Waals surface area contributed by atoms with Gasteiger partial charge in [-0.25, -0.2) is 13.4 Å². The summed E-state index contributed by atoms with van der Waals surface area (Å²) >= 11 is 0. The Morgan fingerprint density at radius 3 is 2.59 bits per heavy atom. The van der Waals surface area contributed by atoms with Crippen molar-refractivity contribution >= 4 is 27.0 Å². The molecule has 7 nitrogen and oxygen atoms in total. The van der Waals surface area contributed by atoms with Crippen LogP contribution in [-0.4, -0.2) is 47.8 Å². The molecule has 8 heteroatoms. The number of nitrogens with zero attached hydrogens (tertiary/aromatic N) is 3. The molecule has 0 spiro atoms. The Labute approximate surface area is 170 Å². The minimum atomic E-state index is -3.45. The number of benzene rings is 1. The fraction of sp³-hybridized carbons (Fsp3) is 0.333. The maximum atomic E-state index is 12.6. The van der Waals surface area contributed by atoms with E-state index in [1.54, 1.807) is 18.3 Å². The SMILES string of the molecule is O=C(NCCCn1ccc2cccnc21)c1ccc(S(=O)(=O)N2CCCC2)cc1. The van der Waals surface area contributed by atoms with Crippen molar-refractivity contribution in [1.82, 2.24) is 19.2 Å². The van der Waals surface area contributed by atoms with Crippen LogP contribution >= 0.6 is 0 Å². The van der Waals surface area contributed by atoms with Crippen LogP contribution in [0.3, 0.4) is 0 Å². The number of rotatable bonds is 7. The Morgan fingerprint density at radius 2 is 1.83 bits per heavy atom. The number of fused-ring (bicyclic) bond motifs is 1. The molecule has 1 amide bonds. The molecule has 0 unspecified atom stereocenters. The van der Waals surface area contributed by atoms with E-state index in [0.717, 1.165) is 36.8 Å². The highest BCUT2D eigenvalue weighted by atomic mass is 32.2. The van der Waals surface area contributed by atoms with Crippen molar-refractivity contribution in [2.75, 3.05) is 19.6 Å². The first-order chi connectivity index (χ1) is 14.1. The molecule has 4 rings (SSSR count). The standard InChI is InChI=1S/C21H24N4O3S/c26-21(23-12-4-13-24-16-10-17-5-3-11-22-20(17)24)18-6-8-19(9-7-18)29(27,28)25-14-1-2-15-25/h3,5-11,16H,1-2,4,12-15H2,(H,23,26). The zero-order chi connectivity index (χ0) is 20.3. The number of aromatic nitrogens is 2. The molecule has 1 aliphatic heterocycles. The van der Waals surface area contributed by atoms with Gasteiger partial charge in [0, 0.05) is 49.5 Å². The van der Waals surface area contributed by atoms with Gasteiger partial charge in [-0.2, -0.15) is 4.31 Å². The second-order valence-electron chi connectivity index (χ2n) is 7.17. The average molecular weight is 413 g/mol. The minimum Gasteiger partial charge on any atom is -0.352 e. The maximum Gasteiger partial charge on any atom is 0.251 e. The van der Waals surface area contributed by atoms with Crippen molar-refractivity contribution in [2.45, 2.75) is 30.7 Å². The third kappa shape index (κ3) is 4.18. The Kier molecular flexibility index (Phi) is 5.64. The molecule has 0 saturated carbocycles. The second kappa shape index (κ2) is 8.34. The van der Waals surface area contributed by atoms with Crippen LogP contribution in [0.4, 0.5) is 0 Å². The number of sulfonamides is 1. The van der Waals surface area contributed by atoms with Crippen LogP contribution < -0.4 is 5.32 Å². The summed E-state index contributed by atoms with van der Waals surface area (Å²) in [6, 6.07) is 12.1. The summed E-state index contributed by atoms with van der Waals surface area (Å²) in [5.74, 6) is -0.203. The summed E-state index contributed by atoms with van der Waals surface area (Å²) in [5, 5.41) is 3.99. The molecule has 1 aliphatic rings. The smallest absolute Gasteiger partial charge is 0.251 e. The number of amides is 1. The first-order valence-corrected chi connectivity index (χ1v) is 11.3. The van der Waals surface area contributed by atoms with Crippen molar-refractivity contribution in [1.29, 1.82) is 0 Å². The maximum absolute atomic E-state index is 12.6. The predicted octanol–water partition coefficient (Wildman–Crippen LogP) is 2.64. The van der Waals surface area contributed by atoms with E-state index in [4.69, 9.17) is 0 Å². The Bertz CT molecular complexity index is 1100. The third-order valence-electron chi connectivity index (χ3n) is 5.20. The molecule has 152 valence electrons. The molecule has 2 aromatic heterocycles. The highest BCUT2D eigenvalue weighted by Crippen LogP contribution is 2.21. The molecular weight excluding hydrogens is 388 g/mol. The van der Waals surface area contributed by atoms with Gasteiger partial charge in [-0.1, -0.05) is 0 Å². The van der Waals surface area contributed by atoms with E-state index in [1.807, 2.05) is 24.4 Å². The first-order valence-electron chi connectivity index (χ1n) is 9.84. The zero-order valence-electron chi connectivity index (χ0n) is 16.1. The quantitative estimate of drug-likeness (QED) is 0.605. The number of carbonyl (C=O) groups excluding carboxylic acids is 1. The summed E-state index contributed by atoms with van der Waals surface area (Å²) in [5.41, 5.74) is 1.40. The van der Waals surface area contributed by atoms with Crippen LogP contribution in [0.2, 0.25) is 0 Å². The number of carbonyl (C=O) groups is 1. The minimum absolute atomic E-state index is 0.203. The Hall–Kier alpha value is -2.71. The highest BCUT2D eigenvalue weighted by Gasteiger charge is 2.27. The Balaban J connectivity index is 1.30. The lowest BCUT2D eigenvalue weighted by Crippen LogP contribution is -2.28. The van der Waals surface area contributed by atoms with Gasteiger partial charge < -0.3 is 9.88 Å². The molecule has 1 saturated heterocycles. The van der Waals surface area contributed by atoms with Crippen LogP contribution in [0.1, 0.15) is 29.6 Å². The third-order valence-corrected chi connectivity index (χ3v) is 7.12. The molecule has 1 fully saturated rings. The number of hydrogen-bond donors (Lipinski definition) is 1. The molecule has 1 aromatic carbocycles. The van der Waals surface area contributed by atoms with Crippen LogP contribution in [0.25, 0.3) is 11.0 Å². The lowest BCUT2D eigenvalue weighted by Gasteiger charge is -2.15. The summed E-state index contributed by atoms with van der Waals surface area (Å²) < 4.78 is 28.7. The number of aryl methyl sites for hydroxylation is 1. The molecule has 0 atom stereocenters. The molecule has 29 heavy (non-hydrogen) atoms. The van der Waals surface area contributed by atoms with Gasteiger partial charge in [0.1, 0.15) is 5.65 Å². The monoisotopic (exact) mass is 412 g/mol. The van der Waals surface area contributed by atoms with Gasteiger partial charge in [0.2, 0.25) is 10.0 Å². The lowest BCUT2D eigenvalue weighted by atomic mass is 10.2. The van der Waals surface area contributed by atoms with E-state index in [0.29, 0.717) is 25.2 Å². The van der Waals surface area contributed by atoms with Gasteiger partial charge in [0.05, 0.1) is 4.90 Å². The number of nitrogens with one attached hydrogen (secondary N) is 1. The van der Waals surface area contributed by atoms with Gasteiger partial charge >= 0.3 is 0 Å². The van der Waals surface area contributed by atoms with Gasteiger partial charge in [-0.15, -0.1) is 0 Å². The van der Waals surface area contributed by atoms with Crippen LogP contribution in [-0.2, 0) is 16.6 Å². The van der Waals surface area contributed by atoms with Gasteiger partial charge in [-0.05, 0) is 61.7 Å². The molecule has 0 aliphatic carbocycles. The topological polar surface area (TPSA) is 84.3 Å². The molecule has 1 N–H and O–H groups in total.